The van der Waals surface area contributed by atoms with Gasteiger partial charge in [-0.1, -0.05) is 18.2 Å². The van der Waals surface area contributed by atoms with Crippen LogP contribution in [-0.4, -0.2) is 44.1 Å². The highest BCUT2D eigenvalue weighted by molar-refractivity contribution is 7.89. The van der Waals surface area contributed by atoms with Crippen molar-refractivity contribution in [1.29, 1.82) is 0 Å². The molecule has 2 rings (SSSR count). The number of esters is 1. The Balaban J connectivity index is 2.15. The van der Waals surface area contributed by atoms with E-state index in [1.165, 1.54) is 24.3 Å². The number of anilines is 1. The van der Waals surface area contributed by atoms with Crippen molar-refractivity contribution in [1.82, 2.24) is 4.72 Å². The summed E-state index contributed by atoms with van der Waals surface area (Å²) in [7, 11) is -4.07. The second-order valence-electron chi connectivity index (χ2n) is 9.48. The molecule has 0 saturated heterocycles. The number of carbonyl (C=O) groups is 2. The third-order valence-electron chi connectivity index (χ3n) is 4.13. The van der Waals surface area contributed by atoms with E-state index in [0.29, 0.717) is 11.3 Å². The Morgan fingerprint density at radius 3 is 1.97 bits per heavy atom. The van der Waals surface area contributed by atoms with E-state index < -0.39 is 33.2 Å². The normalized spacial score (nSPS) is 13.3. The van der Waals surface area contributed by atoms with E-state index in [0.717, 1.165) is 0 Å². The van der Waals surface area contributed by atoms with E-state index in [1.54, 1.807) is 71.9 Å². The van der Waals surface area contributed by atoms with Gasteiger partial charge in [0.1, 0.15) is 11.6 Å². The number of nitrogens with one attached hydrogen (secondary N) is 2. The zero-order valence-corrected chi connectivity index (χ0v) is 20.7. The van der Waals surface area contributed by atoms with Crippen molar-refractivity contribution in [2.45, 2.75) is 63.7 Å². The summed E-state index contributed by atoms with van der Waals surface area (Å²) in [6.07, 6.45) is 0. The number of carbonyl (C=O) groups excluding carboxylic acids is 2. The lowest BCUT2D eigenvalue weighted by Gasteiger charge is -2.27. The van der Waals surface area contributed by atoms with Crippen LogP contribution in [0.2, 0.25) is 0 Å². The summed E-state index contributed by atoms with van der Waals surface area (Å²) in [5.74, 6) is -1.05. The molecule has 1 amide bonds. The molecular weight excluding hydrogens is 444 g/mol. The molecule has 2 N–H and O–H groups in total. The molecule has 0 aliphatic carbocycles. The summed E-state index contributed by atoms with van der Waals surface area (Å²) >= 11 is 0. The van der Waals surface area contributed by atoms with Gasteiger partial charge in [-0.05, 0) is 77.9 Å². The van der Waals surface area contributed by atoms with E-state index in [4.69, 9.17) is 9.47 Å². The lowest BCUT2D eigenvalue weighted by Crippen LogP contribution is -2.48. The molecule has 180 valence electrons. The molecule has 1 unspecified atom stereocenters. The first-order chi connectivity index (χ1) is 15.2. The molecular formula is C24H32N2O6S. The molecule has 0 bridgehead atoms. The number of amides is 1. The van der Waals surface area contributed by atoms with Gasteiger partial charge in [-0.2, -0.15) is 4.72 Å². The number of hydrogen-bond acceptors (Lipinski definition) is 6. The van der Waals surface area contributed by atoms with Crippen LogP contribution >= 0.6 is 0 Å². The lowest BCUT2D eigenvalue weighted by molar-refractivity contribution is -0.159. The molecule has 0 aliphatic rings. The third-order valence-corrected chi connectivity index (χ3v) is 5.62. The predicted molar refractivity (Wildman–Crippen MR) is 126 cm³/mol. The van der Waals surface area contributed by atoms with Gasteiger partial charge in [-0.25, -0.2) is 8.42 Å². The summed E-state index contributed by atoms with van der Waals surface area (Å²) in [6.45, 7) is 10.3. The minimum Gasteiger partial charge on any atom is -0.459 e. The molecule has 0 aromatic heterocycles. The van der Waals surface area contributed by atoms with Gasteiger partial charge in [0.25, 0.3) is 5.91 Å². The minimum absolute atomic E-state index is 0.0653. The molecule has 0 aliphatic heterocycles. The second kappa shape index (κ2) is 10.5. The van der Waals surface area contributed by atoms with Crippen molar-refractivity contribution >= 4 is 27.6 Å². The highest BCUT2D eigenvalue weighted by atomic mass is 32.2. The Morgan fingerprint density at radius 1 is 0.879 bits per heavy atom. The average Bonchev–Trinajstić information content (AvgIpc) is 2.70. The van der Waals surface area contributed by atoms with Crippen LogP contribution in [0.1, 0.15) is 51.9 Å². The Hall–Kier alpha value is -2.75. The fraction of sp³-hybridized carbons (Fsp3) is 0.417. The predicted octanol–water partition coefficient (Wildman–Crippen LogP) is 3.74. The SMILES string of the molecule is CC(C)(C)OCC(NS(=O)(=O)c1ccc(NC(=O)c2ccccc2)cc1)C(=O)OC(C)(C)C. The maximum absolute atomic E-state index is 12.9. The van der Waals surface area contributed by atoms with Crippen molar-refractivity contribution in [3.05, 3.63) is 60.2 Å². The Kier molecular flexibility index (Phi) is 8.40. The first-order valence-electron chi connectivity index (χ1n) is 10.5. The lowest BCUT2D eigenvalue weighted by atomic mass is 10.2. The van der Waals surface area contributed by atoms with E-state index in [1.807, 2.05) is 0 Å². The summed E-state index contributed by atoms with van der Waals surface area (Å²) in [4.78, 5) is 24.8. The fourth-order valence-electron chi connectivity index (χ4n) is 2.62. The van der Waals surface area contributed by atoms with Crippen LogP contribution in [0.15, 0.2) is 59.5 Å². The fourth-order valence-corrected chi connectivity index (χ4v) is 3.79. The number of benzene rings is 2. The highest BCUT2D eigenvalue weighted by Gasteiger charge is 2.31. The minimum atomic E-state index is -4.07. The van der Waals surface area contributed by atoms with Crippen LogP contribution < -0.4 is 10.0 Å². The van der Waals surface area contributed by atoms with Gasteiger partial charge in [0.05, 0.1) is 17.1 Å². The van der Waals surface area contributed by atoms with Gasteiger partial charge in [0, 0.05) is 11.3 Å². The average molecular weight is 477 g/mol. The first kappa shape index (κ1) is 26.5. The molecule has 0 heterocycles. The quantitative estimate of drug-likeness (QED) is 0.562. The molecule has 0 spiro atoms. The summed E-state index contributed by atoms with van der Waals surface area (Å²) in [5.41, 5.74) is -0.455. The van der Waals surface area contributed by atoms with E-state index in [2.05, 4.69) is 10.0 Å². The molecule has 2 aromatic rings. The number of rotatable bonds is 8. The smallest absolute Gasteiger partial charge is 0.327 e. The summed E-state index contributed by atoms with van der Waals surface area (Å²) in [6, 6.07) is 13.1. The third kappa shape index (κ3) is 8.95. The largest absolute Gasteiger partial charge is 0.459 e. The summed E-state index contributed by atoms with van der Waals surface area (Å²) < 4.78 is 39.2. The van der Waals surface area contributed by atoms with Crippen LogP contribution in [0.25, 0.3) is 0 Å². The van der Waals surface area contributed by atoms with Gasteiger partial charge in [0.2, 0.25) is 10.0 Å². The summed E-state index contributed by atoms with van der Waals surface area (Å²) in [5, 5.41) is 2.71. The molecule has 0 radical (unpaired) electrons. The highest BCUT2D eigenvalue weighted by Crippen LogP contribution is 2.17. The van der Waals surface area contributed by atoms with Crippen molar-refractivity contribution in [3.8, 4) is 0 Å². The first-order valence-corrected chi connectivity index (χ1v) is 12.0. The van der Waals surface area contributed by atoms with Crippen molar-refractivity contribution in [2.75, 3.05) is 11.9 Å². The zero-order valence-electron chi connectivity index (χ0n) is 19.8. The number of sulfonamides is 1. The molecule has 0 fully saturated rings. The maximum Gasteiger partial charge on any atom is 0.327 e. The van der Waals surface area contributed by atoms with Crippen LogP contribution in [0.3, 0.4) is 0 Å². The molecule has 0 saturated carbocycles. The maximum atomic E-state index is 12.9. The van der Waals surface area contributed by atoms with E-state index in [9.17, 15) is 18.0 Å². The van der Waals surface area contributed by atoms with Gasteiger partial charge >= 0.3 is 5.97 Å². The van der Waals surface area contributed by atoms with Crippen molar-refractivity contribution < 1.29 is 27.5 Å². The molecule has 33 heavy (non-hydrogen) atoms. The molecule has 2 aromatic carbocycles. The van der Waals surface area contributed by atoms with Crippen LogP contribution in [0.4, 0.5) is 5.69 Å². The van der Waals surface area contributed by atoms with Crippen molar-refractivity contribution in [2.24, 2.45) is 0 Å². The van der Waals surface area contributed by atoms with Gasteiger partial charge in [-0.15, -0.1) is 0 Å². The Bertz CT molecular complexity index is 1050. The van der Waals surface area contributed by atoms with Gasteiger partial charge in [-0.3, -0.25) is 9.59 Å². The molecule has 9 heteroatoms. The molecule has 1 atom stereocenters. The van der Waals surface area contributed by atoms with Crippen LogP contribution in [0.5, 0.6) is 0 Å². The number of ether oxygens (including phenoxy) is 2. The van der Waals surface area contributed by atoms with Gasteiger partial charge < -0.3 is 14.8 Å². The van der Waals surface area contributed by atoms with Crippen LogP contribution in [-0.2, 0) is 24.3 Å². The molecule has 8 nitrogen and oxygen atoms in total. The van der Waals surface area contributed by atoms with Gasteiger partial charge in [0.15, 0.2) is 0 Å². The van der Waals surface area contributed by atoms with Crippen molar-refractivity contribution in [3.63, 3.8) is 0 Å². The topological polar surface area (TPSA) is 111 Å². The van der Waals surface area contributed by atoms with Crippen LogP contribution in [0, 0.1) is 0 Å². The Morgan fingerprint density at radius 2 is 1.45 bits per heavy atom. The van der Waals surface area contributed by atoms with E-state index in [-0.39, 0.29) is 17.4 Å². The monoisotopic (exact) mass is 476 g/mol. The zero-order chi connectivity index (χ0) is 24.9. The standard InChI is InChI=1S/C24H32N2O6S/c1-23(2,3)31-16-20(22(28)32-24(4,5)6)26-33(29,30)19-14-12-18(13-15-19)25-21(27)17-10-8-7-9-11-17/h7-15,20,26H,16H2,1-6H3,(H,25,27). The number of hydrogen-bond donors (Lipinski definition) is 2. The second-order valence-corrected chi connectivity index (χ2v) is 11.2. The Labute approximate surface area is 195 Å². The van der Waals surface area contributed by atoms with E-state index >= 15 is 0 Å².